The summed E-state index contributed by atoms with van der Waals surface area (Å²) in [6.07, 6.45) is -0.0207. The van der Waals surface area contributed by atoms with E-state index in [1.165, 1.54) is 9.80 Å². The lowest BCUT2D eigenvalue weighted by Crippen LogP contribution is -2.38. The minimum Gasteiger partial charge on any atom is -0.507 e. The summed E-state index contributed by atoms with van der Waals surface area (Å²) in [4.78, 5) is 58.8. The Morgan fingerprint density at radius 3 is 1.82 bits per heavy atom. The average molecular weight is 799 g/mol. The van der Waals surface area contributed by atoms with Gasteiger partial charge in [0.2, 0.25) is 17.7 Å². The van der Waals surface area contributed by atoms with Gasteiger partial charge in [0.25, 0.3) is 0 Å². The molecule has 0 fully saturated rings. The highest BCUT2D eigenvalue weighted by Crippen LogP contribution is 2.47. The molecule has 0 aromatic heterocycles. The third-order valence-electron chi connectivity index (χ3n) is 9.85. The summed E-state index contributed by atoms with van der Waals surface area (Å²) in [6.45, 7) is 1.37. The molecule has 13 heteroatoms. The van der Waals surface area contributed by atoms with E-state index in [4.69, 9.17) is 27.9 Å². The van der Waals surface area contributed by atoms with Crippen LogP contribution in [0.2, 0.25) is 0 Å². The van der Waals surface area contributed by atoms with Crippen LogP contribution < -0.4 is 14.5 Å². The Hall–Kier alpha value is -4.06. The van der Waals surface area contributed by atoms with Crippen LogP contribution in [-0.4, -0.2) is 96.1 Å². The summed E-state index contributed by atoms with van der Waals surface area (Å²) in [5.41, 5.74) is 3.16. The van der Waals surface area contributed by atoms with Gasteiger partial charge in [-0.25, -0.2) is 4.79 Å². The molecule has 0 radical (unpaired) electrons. The monoisotopic (exact) mass is 796 g/mol. The average Bonchev–Trinajstić information content (AvgIpc) is 3.72. The van der Waals surface area contributed by atoms with E-state index < -0.39 is 6.09 Å². The molecule has 0 spiro atoms. The molecule has 0 bridgehead atoms. The summed E-state index contributed by atoms with van der Waals surface area (Å²) in [5, 5.41) is 14.1. The predicted molar refractivity (Wildman–Crippen MR) is 205 cm³/mol. The quantitative estimate of drug-likeness (QED) is 0.161. The van der Waals surface area contributed by atoms with E-state index in [1.807, 2.05) is 48.5 Å². The van der Waals surface area contributed by atoms with E-state index in [0.29, 0.717) is 54.9 Å². The van der Waals surface area contributed by atoms with Gasteiger partial charge in [0.1, 0.15) is 11.5 Å². The lowest BCUT2D eigenvalue weighted by molar-refractivity contribution is -0.127. The number of benzene rings is 4. The number of aromatic hydroxyl groups is 1. The first-order valence-corrected chi connectivity index (χ1v) is 19.0. The Labute approximate surface area is 314 Å². The second kappa shape index (κ2) is 15.7. The molecule has 4 aromatic carbocycles. The third-order valence-corrected chi connectivity index (χ3v) is 11.1. The zero-order valence-electron chi connectivity index (χ0n) is 28.4. The second-order valence-electron chi connectivity index (χ2n) is 13.0. The van der Waals surface area contributed by atoms with Crippen molar-refractivity contribution in [2.75, 3.05) is 67.2 Å². The summed E-state index contributed by atoms with van der Waals surface area (Å²) in [6, 6.07) is 18.5. The number of ether oxygens (including phenoxy) is 1. The van der Waals surface area contributed by atoms with Crippen LogP contribution in [0.4, 0.5) is 16.2 Å². The summed E-state index contributed by atoms with van der Waals surface area (Å²) < 4.78 is 5.91. The second-order valence-corrected chi connectivity index (χ2v) is 14.2. The van der Waals surface area contributed by atoms with Gasteiger partial charge in [-0.15, -0.1) is 23.2 Å². The topological polar surface area (TPSA) is 111 Å². The number of phenolic OH excluding ortho intramolecular Hbond substituents is 1. The number of carbonyl (C=O) groups is 4. The van der Waals surface area contributed by atoms with Crippen LogP contribution >= 0.6 is 39.1 Å². The number of anilines is 2. The first kappa shape index (κ1) is 36.7. The van der Waals surface area contributed by atoms with E-state index in [-0.39, 0.29) is 60.0 Å². The number of alkyl halides is 3. The van der Waals surface area contributed by atoms with E-state index >= 15 is 0 Å². The highest BCUT2D eigenvalue weighted by atomic mass is 79.9. The molecule has 2 unspecified atom stereocenters. The van der Waals surface area contributed by atoms with Gasteiger partial charge >= 0.3 is 6.09 Å². The van der Waals surface area contributed by atoms with Gasteiger partial charge in [-0.05, 0) is 28.3 Å². The van der Waals surface area contributed by atoms with Crippen molar-refractivity contribution in [2.45, 2.75) is 31.1 Å². The van der Waals surface area contributed by atoms with Crippen LogP contribution in [0.25, 0.3) is 21.5 Å². The number of likely N-dealkylation sites (N-methyl/N-ethyl adjacent to an activating group) is 2. The first-order chi connectivity index (χ1) is 24.6. The standard InChI is InChI=1S/C38H39BrCl2N4O6/c1-42(35(49)18-39)14-15-43(2)38(50)51-32-17-30-37(28-11-6-4-9-26(28)32)24(20-41)22-45(30)34(48)13-7-12-33(47)44-21-23(19-40)36-27-10-5-3-8-25(27)31(46)16-29(36)44/h3-6,8-11,16-17,23-24,46H,7,12-15,18-22H2,1-2H3. The lowest BCUT2D eigenvalue weighted by atomic mass is 9.95. The fraction of sp³-hybridized carbons (Fsp3) is 0.368. The maximum atomic E-state index is 13.8. The molecule has 51 heavy (non-hydrogen) atoms. The van der Waals surface area contributed by atoms with Gasteiger partial charge in [-0.3, -0.25) is 14.4 Å². The molecule has 2 aliphatic rings. The normalized spacial score (nSPS) is 16.3. The van der Waals surface area contributed by atoms with Crippen LogP contribution in [0.3, 0.4) is 0 Å². The maximum absolute atomic E-state index is 13.8. The molecule has 268 valence electrons. The van der Waals surface area contributed by atoms with Crippen molar-refractivity contribution in [2.24, 2.45) is 0 Å². The van der Waals surface area contributed by atoms with Crippen molar-refractivity contribution in [3.05, 3.63) is 71.8 Å². The SMILES string of the molecule is CN(CCN(C)C(=O)Oc1cc2c(c3ccccc13)C(CCl)CN2C(=O)CCCC(=O)N1CC(CCl)c2c1cc(O)c1ccccc21)C(=O)CBr. The highest BCUT2D eigenvalue weighted by molar-refractivity contribution is 9.09. The van der Waals surface area contributed by atoms with Gasteiger partial charge in [0.05, 0.1) is 16.7 Å². The number of nitrogens with zero attached hydrogens (tertiary/aromatic N) is 4. The highest BCUT2D eigenvalue weighted by Gasteiger charge is 2.36. The number of hydrogen-bond donors (Lipinski definition) is 1. The molecule has 0 saturated carbocycles. The molecule has 4 amide bonds. The fourth-order valence-corrected chi connectivity index (χ4v) is 8.03. The largest absolute Gasteiger partial charge is 0.507 e. The molecule has 2 aliphatic heterocycles. The van der Waals surface area contributed by atoms with E-state index in [9.17, 15) is 24.3 Å². The molecule has 4 aromatic rings. The molecular formula is C38H39BrCl2N4O6. The van der Waals surface area contributed by atoms with E-state index in [0.717, 1.165) is 32.7 Å². The minimum absolute atomic E-state index is 0.0750. The Bertz CT molecular complexity index is 2010. The molecule has 0 aliphatic carbocycles. The lowest BCUT2D eigenvalue weighted by Gasteiger charge is -2.23. The molecule has 6 rings (SSSR count). The van der Waals surface area contributed by atoms with Crippen LogP contribution in [0.15, 0.2) is 60.7 Å². The van der Waals surface area contributed by atoms with Crippen LogP contribution in [0.5, 0.6) is 11.5 Å². The number of carbonyl (C=O) groups excluding carboxylic acids is 4. The van der Waals surface area contributed by atoms with Crippen molar-refractivity contribution in [1.29, 1.82) is 0 Å². The number of phenols is 1. The molecule has 2 heterocycles. The summed E-state index contributed by atoms with van der Waals surface area (Å²) in [7, 11) is 3.27. The van der Waals surface area contributed by atoms with Crippen molar-refractivity contribution in [3.8, 4) is 11.5 Å². The zero-order chi connectivity index (χ0) is 36.4. The summed E-state index contributed by atoms with van der Waals surface area (Å²) in [5.74, 6) is 0.428. The van der Waals surface area contributed by atoms with Gasteiger partial charge in [-0.1, -0.05) is 64.5 Å². The number of hydrogen-bond acceptors (Lipinski definition) is 6. The number of halogens is 3. The Kier molecular flexibility index (Phi) is 11.3. The predicted octanol–water partition coefficient (Wildman–Crippen LogP) is 7.19. The molecule has 0 saturated heterocycles. The molecule has 10 nitrogen and oxygen atoms in total. The van der Waals surface area contributed by atoms with Crippen LogP contribution in [0, 0.1) is 0 Å². The van der Waals surface area contributed by atoms with Crippen molar-refractivity contribution in [1.82, 2.24) is 9.80 Å². The maximum Gasteiger partial charge on any atom is 0.415 e. The van der Waals surface area contributed by atoms with E-state index in [2.05, 4.69) is 15.9 Å². The summed E-state index contributed by atoms with van der Waals surface area (Å²) >= 11 is 16.0. The third kappa shape index (κ3) is 7.21. The first-order valence-electron chi connectivity index (χ1n) is 16.8. The minimum atomic E-state index is -0.593. The van der Waals surface area contributed by atoms with E-state index in [1.54, 1.807) is 36.0 Å². The Morgan fingerprint density at radius 1 is 0.784 bits per heavy atom. The Morgan fingerprint density at radius 2 is 1.27 bits per heavy atom. The van der Waals surface area contributed by atoms with Gasteiger partial charge < -0.3 is 29.4 Å². The van der Waals surface area contributed by atoms with Crippen LogP contribution in [-0.2, 0) is 14.4 Å². The fourth-order valence-electron chi connectivity index (χ4n) is 7.10. The van der Waals surface area contributed by atoms with Gasteiger partial charge in [-0.2, -0.15) is 0 Å². The molecule has 2 atom stereocenters. The van der Waals surface area contributed by atoms with Crippen molar-refractivity contribution in [3.63, 3.8) is 0 Å². The Balaban J connectivity index is 1.17. The molecule has 1 N–H and O–H groups in total. The van der Waals surface area contributed by atoms with Crippen LogP contribution in [0.1, 0.15) is 42.2 Å². The zero-order valence-corrected chi connectivity index (χ0v) is 31.5. The van der Waals surface area contributed by atoms with Gasteiger partial charge in [0.15, 0.2) is 0 Å². The van der Waals surface area contributed by atoms with Crippen molar-refractivity contribution >= 4 is 95.9 Å². The number of rotatable bonds is 11. The number of fused-ring (bicyclic) bond motifs is 6. The smallest absolute Gasteiger partial charge is 0.415 e. The van der Waals surface area contributed by atoms with Gasteiger partial charge in [0, 0.05) is 99.6 Å². The van der Waals surface area contributed by atoms with Crippen molar-refractivity contribution < 1.29 is 29.0 Å². The number of amides is 4. The molecular weight excluding hydrogens is 759 g/mol.